The Labute approximate surface area is 186 Å². The molecule has 0 unspecified atom stereocenters. The minimum absolute atomic E-state index is 0.0702. The van der Waals surface area contributed by atoms with E-state index in [9.17, 15) is 9.18 Å². The lowest BCUT2D eigenvalue weighted by Gasteiger charge is -2.35. The van der Waals surface area contributed by atoms with Gasteiger partial charge in [-0.25, -0.2) is 9.38 Å². The van der Waals surface area contributed by atoms with E-state index in [4.69, 9.17) is 0 Å². The highest BCUT2D eigenvalue weighted by Gasteiger charge is 2.19. The Morgan fingerprint density at radius 3 is 2.42 bits per heavy atom. The van der Waals surface area contributed by atoms with E-state index in [1.165, 1.54) is 0 Å². The molecule has 1 amide bonds. The number of benzene rings is 1. The third kappa shape index (κ3) is 8.01. The molecule has 2 rings (SSSR count). The Bertz CT molecular complexity index is 753. The summed E-state index contributed by atoms with van der Waals surface area (Å²) in [6.07, 6.45) is 0. The molecule has 1 heterocycles. The second kappa shape index (κ2) is 11.3. The van der Waals surface area contributed by atoms with Gasteiger partial charge in [0.05, 0.1) is 18.8 Å². The predicted octanol–water partition coefficient (Wildman–Crippen LogP) is 2.28. The van der Waals surface area contributed by atoms with E-state index >= 15 is 0 Å². The zero-order chi connectivity index (χ0) is 23.0. The number of carbonyl (C=O) groups is 1. The summed E-state index contributed by atoms with van der Waals surface area (Å²) in [5, 5.41) is 6.15. The molecular weight excluding hydrogens is 395 g/mol. The summed E-state index contributed by atoms with van der Waals surface area (Å²) in [6, 6.07) is 5.36. The van der Waals surface area contributed by atoms with Crippen LogP contribution in [0.3, 0.4) is 0 Å². The van der Waals surface area contributed by atoms with Crippen LogP contribution in [0.4, 0.5) is 10.1 Å². The van der Waals surface area contributed by atoms with Gasteiger partial charge in [0, 0.05) is 45.3 Å². The van der Waals surface area contributed by atoms with Crippen molar-refractivity contribution in [1.82, 2.24) is 20.4 Å². The highest BCUT2D eigenvalue weighted by molar-refractivity contribution is 5.86. The molecule has 0 aliphatic carbocycles. The number of carbonyl (C=O) groups excluding carboxylic acids is 1. The van der Waals surface area contributed by atoms with Gasteiger partial charge in [-0.15, -0.1) is 0 Å². The molecule has 1 aliphatic heterocycles. The molecule has 1 saturated heterocycles. The van der Waals surface area contributed by atoms with E-state index in [-0.39, 0.29) is 23.8 Å². The van der Waals surface area contributed by atoms with Gasteiger partial charge in [-0.2, -0.15) is 0 Å². The minimum atomic E-state index is -0.282. The number of aliphatic imine (C=N–C) groups is 1. The van der Waals surface area contributed by atoms with Crippen LogP contribution in [0, 0.1) is 5.82 Å². The Balaban J connectivity index is 2.02. The van der Waals surface area contributed by atoms with Crippen LogP contribution in [0.2, 0.25) is 0 Å². The van der Waals surface area contributed by atoms with E-state index < -0.39 is 0 Å². The van der Waals surface area contributed by atoms with Gasteiger partial charge in [-0.05, 0) is 51.9 Å². The molecular formula is C23H39FN6O. The van der Waals surface area contributed by atoms with Crippen molar-refractivity contribution in [2.24, 2.45) is 4.99 Å². The average molecular weight is 435 g/mol. The first kappa shape index (κ1) is 24.9. The number of rotatable bonds is 7. The van der Waals surface area contributed by atoms with Crippen LogP contribution < -0.4 is 15.5 Å². The van der Waals surface area contributed by atoms with Crippen LogP contribution in [-0.2, 0) is 11.3 Å². The lowest BCUT2D eigenvalue weighted by Crippen LogP contribution is -2.48. The molecule has 0 bridgehead atoms. The van der Waals surface area contributed by atoms with Gasteiger partial charge in [0.15, 0.2) is 5.96 Å². The molecule has 1 fully saturated rings. The minimum Gasteiger partial charge on any atom is -0.367 e. The molecule has 8 heteroatoms. The third-order valence-electron chi connectivity index (χ3n) is 5.18. The molecule has 0 radical (unpaired) electrons. The molecule has 1 aliphatic rings. The van der Waals surface area contributed by atoms with Gasteiger partial charge in [0.2, 0.25) is 5.91 Å². The van der Waals surface area contributed by atoms with E-state index in [1.54, 1.807) is 11.0 Å². The number of hydrogen-bond donors (Lipinski definition) is 2. The largest absolute Gasteiger partial charge is 0.367 e. The molecule has 174 valence electrons. The predicted molar refractivity (Wildman–Crippen MR) is 126 cm³/mol. The summed E-state index contributed by atoms with van der Waals surface area (Å²) < 4.78 is 14.8. The van der Waals surface area contributed by atoms with Gasteiger partial charge < -0.3 is 25.3 Å². The third-order valence-corrected chi connectivity index (χ3v) is 5.18. The van der Waals surface area contributed by atoms with Crippen LogP contribution >= 0.6 is 0 Å². The number of nitrogens with zero attached hydrogens (tertiary/aromatic N) is 4. The number of amides is 1. The fourth-order valence-corrected chi connectivity index (χ4v) is 3.59. The number of nitrogens with one attached hydrogen (secondary N) is 2. The van der Waals surface area contributed by atoms with Gasteiger partial charge in [0.25, 0.3) is 0 Å². The normalized spacial score (nSPS) is 15.7. The second-order valence-electron chi connectivity index (χ2n) is 9.03. The van der Waals surface area contributed by atoms with Gasteiger partial charge >= 0.3 is 0 Å². The van der Waals surface area contributed by atoms with Crippen molar-refractivity contribution >= 4 is 17.6 Å². The number of piperazine rings is 1. The number of likely N-dealkylation sites (N-methyl/N-ethyl adjacent to an activating group) is 2. The van der Waals surface area contributed by atoms with Crippen LogP contribution in [-0.4, -0.2) is 80.1 Å². The molecule has 31 heavy (non-hydrogen) atoms. The summed E-state index contributed by atoms with van der Waals surface area (Å²) in [5.74, 6) is 0.339. The van der Waals surface area contributed by atoms with Gasteiger partial charge in [-0.3, -0.25) is 4.79 Å². The van der Waals surface area contributed by atoms with Crippen molar-refractivity contribution in [2.45, 2.75) is 46.7 Å². The average Bonchev–Trinajstić information content (AvgIpc) is 2.69. The van der Waals surface area contributed by atoms with Crippen molar-refractivity contribution in [3.63, 3.8) is 0 Å². The maximum absolute atomic E-state index is 14.8. The van der Waals surface area contributed by atoms with Crippen molar-refractivity contribution in [3.05, 3.63) is 29.6 Å². The summed E-state index contributed by atoms with van der Waals surface area (Å²) >= 11 is 0. The zero-order valence-corrected chi connectivity index (χ0v) is 20.0. The highest BCUT2D eigenvalue weighted by atomic mass is 19.1. The maximum Gasteiger partial charge on any atom is 0.240 e. The Morgan fingerprint density at radius 2 is 1.87 bits per heavy atom. The van der Waals surface area contributed by atoms with E-state index in [0.717, 1.165) is 38.3 Å². The summed E-state index contributed by atoms with van der Waals surface area (Å²) in [5.41, 5.74) is 1.18. The molecule has 0 spiro atoms. The summed E-state index contributed by atoms with van der Waals surface area (Å²) in [6.45, 7) is 15.8. The van der Waals surface area contributed by atoms with E-state index in [2.05, 4.69) is 32.3 Å². The van der Waals surface area contributed by atoms with Crippen LogP contribution in [0.1, 0.15) is 40.2 Å². The smallest absolute Gasteiger partial charge is 0.240 e. The van der Waals surface area contributed by atoms with Crippen LogP contribution in [0.25, 0.3) is 0 Å². The number of halogens is 1. The van der Waals surface area contributed by atoms with Crippen molar-refractivity contribution in [2.75, 3.05) is 57.8 Å². The molecule has 1 aromatic rings. The maximum atomic E-state index is 14.8. The Kier molecular flexibility index (Phi) is 9.10. The summed E-state index contributed by atoms with van der Waals surface area (Å²) in [4.78, 5) is 23.1. The van der Waals surface area contributed by atoms with E-state index in [0.29, 0.717) is 24.7 Å². The van der Waals surface area contributed by atoms with Crippen LogP contribution in [0.15, 0.2) is 23.2 Å². The molecule has 1 aromatic carbocycles. The van der Waals surface area contributed by atoms with Crippen molar-refractivity contribution in [3.8, 4) is 0 Å². The molecule has 0 atom stereocenters. The first-order chi connectivity index (χ1) is 14.6. The SMILES string of the molecule is CCNC(=NCc1ccc(N2CCN(CC)CC2)c(F)c1)N(C)CC(=O)NC(C)(C)C. The number of anilines is 1. The lowest BCUT2D eigenvalue weighted by atomic mass is 10.1. The fraction of sp³-hybridized carbons (Fsp3) is 0.652. The number of guanidine groups is 1. The van der Waals surface area contributed by atoms with E-state index in [1.807, 2.05) is 46.9 Å². The zero-order valence-electron chi connectivity index (χ0n) is 20.0. The van der Waals surface area contributed by atoms with Crippen LogP contribution in [0.5, 0.6) is 0 Å². The van der Waals surface area contributed by atoms with Gasteiger partial charge in [-0.1, -0.05) is 13.0 Å². The summed E-state index contributed by atoms with van der Waals surface area (Å²) in [7, 11) is 1.82. The highest BCUT2D eigenvalue weighted by Crippen LogP contribution is 2.22. The first-order valence-corrected chi connectivity index (χ1v) is 11.2. The monoisotopic (exact) mass is 434 g/mol. The second-order valence-corrected chi connectivity index (χ2v) is 9.03. The van der Waals surface area contributed by atoms with Crippen molar-refractivity contribution in [1.29, 1.82) is 0 Å². The Hall–Kier alpha value is -2.35. The quantitative estimate of drug-likeness (QED) is 0.509. The lowest BCUT2D eigenvalue weighted by molar-refractivity contribution is -0.122. The topological polar surface area (TPSA) is 63.2 Å². The Morgan fingerprint density at radius 1 is 1.19 bits per heavy atom. The molecule has 2 N–H and O–H groups in total. The first-order valence-electron chi connectivity index (χ1n) is 11.2. The molecule has 0 saturated carbocycles. The van der Waals surface area contributed by atoms with Gasteiger partial charge in [0.1, 0.15) is 5.82 Å². The fourth-order valence-electron chi connectivity index (χ4n) is 3.59. The van der Waals surface area contributed by atoms with Crippen molar-refractivity contribution < 1.29 is 9.18 Å². The standard InChI is InChI=1S/C23H39FN6O/c1-7-25-22(28(6)17-21(31)27-23(3,4)5)26-16-18-9-10-20(19(24)15-18)30-13-11-29(8-2)12-14-30/h9-10,15H,7-8,11-14,16-17H2,1-6H3,(H,25,26)(H,27,31). The molecule has 0 aromatic heterocycles. The molecule has 7 nitrogen and oxygen atoms in total. The number of hydrogen-bond acceptors (Lipinski definition) is 4.